The monoisotopic (exact) mass is 435 g/mol. The highest BCUT2D eigenvalue weighted by atomic mass is 19.1. The summed E-state index contributed by atoms with van der Waals surface area (Å²) in [4.78, 5) is 12.1. The summed E-state index contributed by atoms with van der Waals surface area (Å²) in [7, 11) is 0. The van der Waals surface area contributed by atoms with E-state index in [1.54, 1.807) is 42.5 Å². The van der Waals surface area contributed by atoms with Crippen molar-refractivity contribution in [1.82, 2.24) is 5.43 Å². The fourth-order valence-corrected chi connectivity index (χ4v) is 2.76. The second kappa shape index (κ2) is 10.7. The molecule has 0 spiro atoms. The number of nitriles is 1. The predicted octanol–water partition coefficient (Wildman–Crippen LogP) is 4.58. The number of nitrogens with one attached hydrogen (secondary N) is 1. The molecule has 6 nitrogen and oxygen atoms in total. The number of hydrogen-bond donors (Lipinski definition) is 1. The smallest absolute Gasteiger partial charge is 0.274 e. The summed E-state index contributed by atoms with van der Waals surface area (Å²) in [6, 6.07) is 16.6. The maximum Gasteiger partial charge on any atom is 0.274 e. The van der Waals surface area contributed by atoms with Crippen LogP contribution < -0.4 is 14.9 Å². The van der Waals surface area contributed by atoms with Crippen molar-refractivity contribution in [3.05, 3.63) is 94.6 Å². The van der Waals surface area contributed by atoms with Crippen molar-refractivity contribution in [3.8, 4) is 17.6 Å². The zero-order valence-electron chi connectivity index (χ0n) is 17.1. The molecule has 8 heteroatoms. The first-order valence-corrected chi connectivity index (χ1v) is 9.68. The van der Waals surface area contributed by atoms with Crippen molar-refractivity contribution in [2.75, 3.05) is 6.61 Å². The van der Waals surface area contributed by atoms with E-state index in [0.717, 1.165) is 6.07 Å². The van der Waals surface area contributed by atoms with E-state index in [0.29, 0.717) is 29.2 Å². The van der Waals surface area contributed by atoms with Gasteiger partial charge in [-0.3, -0.25) is 4.79 Å². The Kier molecular flexibility index (Phi) is 7.49. The summed E-state index contributed by atoms with van der Waals surface area (Å²) in [6.45, 7) is 2.23. The number of halogens is 2. The Balaban J connectivity index is 1.68. The Morgan fingerprint density at radius 2 is 1.88 bits per heavy atom. The Morgan fingerprint density at radius 1 is 1.06 bits per heavy atom. The van der Waals surface area contributed by atoms with Crippen LogP contribution in [0.1, 0.15) is 34.0 Å². The van der Waals surface area contributed by atoms with Crippen LogP contribution in [0.25, 0.3) is 0 Å². The number of carbonyl (C=O) groups excluding carboxylic acids is 1. The molecule has 3 aromatic rings. The Bertz CT molecular complexity index is 1190. The molecule has 3 aromatic carbocycles. The van der Waals surface area contributed by atoms with Crippen LogP contribution in [0.15, 0.2) is 65.8 Å². The molecule has 0 aromatic heterocycles. The van der Waals surface area contributed by atoms with Crippen LogP contribution in [0.4, 0.5) is 8.78 Å². The van der Waals surface area contributed by atoms with Gasteiger partial charge in [0.15, 0.2) is 11.5 Å². The highest BCUT2D eigenvalue weighted by molar-refractivity contribution is 5.95. The number of nitrogens with zero attached hydrogens (tertiary/aromatic N) is 2. The number of hydrazone groups is 1. The molecule has 0 saturated carbocycles. The zero-order chi connectivity index (χ0) is 22.9. The van der Waals surface area contributed by atoms with Gasteiger partial charge in [-0.25, -0.2) is 14.2 Å². The Labute approximate surface area is 183 Å². The summed E-state index contributed by atoms with van der Waals surface area (Å²) in [5, 5.41) is 12.6. The Morgan fingerprint density at radius 3 is 2.59 bits per heavy atom. The highest BCUT2D eigenvalue weighted by Crippen LogP contribution is 2.29. The molecule has 0 heterocycles. The van der Waals surface area contributed by atoms with Gasteiger partial charge in [-0.1, -0.05) is 18.2 Å². The second-order valence-corrected chi connectivity index (χ2v) is 6.52. The summed E-state index contributed by atoms with van der Waals surface area (Å²) in [5.74, 6) is -1.07. The average molecular weight is 435 g/mol. The van der Waals surface area contributed by atoms with Crippen LogP contribution in [0, 0.1) is 23.0 Å². The molecule has 0 aliphatic heterocycles. The molecule has 1 amide bonds. The number of benzene rings is 3. The minimum absolute atomic E-state index is 0.0341. The lowest BCUT2D eigenvalue weighted by atomic mass is 10.1. The first-order chi connectivity index (χ1) is 15.5. The van der Waals surface area contributed by atoms with Crippen LogP contribution in [0.5, 0.6) is 11.5 Å². The van der Waals surface area contributed by atoms with Gasteiger partial charge in [-0.05, 0) is 55.0 Å². The van der Waals surface area contributed by atoms with E-state index in [4.69, 9.17) is 14.7 Å². The molecule has 0 aliphatic carbocycles. The minimum atomic E-state index is -0.813. The summed E-state index contributed by atoms with van der Waals surface area (Å²) in [5.41, 5.74) is 3.13. The van der Waals surface area contributed by atoms with E-state index in [-0.39, 0.29) is 23.6 Å². The maximum absolute atomic E-state index is 13.9. The lowest BCUT2D eigenvalue weighted by Gasteiger charge is -2.13. The van der Waals surface area contributed by atoms with E-state index in [2.05, 4.69) is 10.5 Å². The maximum atomic E-state index is 13.9. The molecule has 0 unspecified atom stereocenters. The molecular weight excluding hydrogens is 416 g/mol. The van der Waals surface area contributed by atoms with Gasteiger partial charge in [0.25, 0.3) is 5.91 Å². The van der Waals surface area contributed by atoms with Crippen LogP contribution in [-0.4, -0.2) is 18.7 Å². The van der Waals surface area contributed by atoms with Crippen LogP contribution in [-0.2, 0) is 6.61 Å². The fraction of sp³-hybridized carbons (Fsp3) is 0.125. The number of carbonyl (C=O) groups is 1. The van der Waals surface area contributed by atoms with Gasteiger partial charge in [-0.2, -0.15) is 10.4 Å². The normalized spacial score (nSPS) is 10.6. The molecular formula is C24H19F2N3O3. The van der Waals surface area contributed by atoms with Crippen molar-refractivity contribution in [3.63, 3.8) is 0 Å². The van der Waals surface area contributed by atoms with Gasteiger partial charge in [0.1, 0.15) is 18.2 Å². The van der Waals surface area contributed by atoms with E-state index in [9.17, 15) is 13.6 Å². The number of hydrogen-bond acceptors (Lipinski definition) is 5. The molecule has 32 heavy (non-hydrogen) atoms. The minimum Gasteiger partial charge on any atom is -0.490 e. The summed E-state index contributed by atoms with van der Waals surface area (Å²) < 4.78 is 39.0. The van der Waals surface area contributed by atoms with Crippen LogP contribution in [0.2, 0.25) is 0 Å². The van der Waals surface area contributed by atoms with Gasteiger partial charge < -0.3 is 9.47 Å². The Hall–Kier alpha value is -4.25. The van der Waals surface area contributed by atoms with Crippen molar-refractivity contribution < 1.29 is 23.0 Å². The van der Waals surface area contributed by atoms with Crippen LogP contribution in [0.3, 0.4) is 0 Å². The summed E-state index contributed by atoms with van der Waals surface area (Å²) in [6.07, 6.45) is 1.36. The van der Waals surface area contributed by atoms with Gasteiger partial charge in [0, 0.05) is 5.56 Å². The SMILES string of the molecule is CCOc1cc(/C=N\NC(=O)c2ccc(C#N)cc2F)ccc1OCc1ccccc1F. The van der Waals surface area contributed by atoms with Crippen molar-refractivity contribution in [2.45, 2.75) is 13.5 Å². The van der Waals surface area contributed by atoms with Crippen LogP contribution >= 0.6 is 0 Å². The van der Waals surface area contributed by atoms with Gasteiger partial charge in [-0.15, -0.1) is 0 Å². The molecule has 1 N–H and O–H groups in total. The lowest BCUT2D eigenvalue weighted by molar-refractivity contribution is 0.0951. The molecule has 3 rings (SSSR count). The standard InChI is InChI=1S/C24H19F2N3O3/c1-2-31-23-12-17(8-10-22(23)32-15-18-5-3-4-6-20(18)25)14-28-29-24(30)19-9-7-16(13-27)11-21(19)26/h3-12,14H,2,15H2,1H3,(H,29,30)/b28-14-. The third-order valence-corrected chi connectivity index (χ3v) is 4.33. The summed E-state index contributed by atoms with van der Waals surface area (Å²) >= 11 is 0. The van der Waals surface area contributed by atoms with Gasteiger partial charge in [0.2, 0.25) is 0 Å². The first kappa shape index (κ1) is 22.4. The zero-order valence-corrected chi connectivity index (χ0v) is 17.1. The third-order valence-electron chi connectivity index (χ3n) is 4.33. The number of rotatable bonds is 8. The molecule has 0 atom stereocenters. The number of ether oxygens (including phenoxy) is 2. The molecule has 0 aliphatic rings. The third kappa shape index (κ3) is 5.67. The number of amides is 1. The molecule has 0 fully saturated rings. The largest absolute Gasteiger partial charge is 0.490 e. The van der Waals surface area contributed by atoms with E-state index < -0.39 is 11.7 Å². The quantitative estimate of drug-likeness (QED) is 0.415. The van der Waals surface area contributed by atoms with Gasteiger partial charge >= 0.3 is 0 Å². The van der Waals surface area contributed by atoms with Crippen molar-refractivity contribution in [1.29, 1.82) is 5.26 Å². The van der Waals surface area contributed by atoms with E-state index in [1.165, 1.54) is 24.4 Å². The molecule has 0 radical (unpaired) electrons. The molecule has 0 bridgehead atoms. The predicted molar refractivity (Wildman–Crippen MR) is 115 cm³/mol. The average Bonchev–Trinajstić information content (AvgIpc) is 2.79. The topological polar surface area (TPSA) is 83.7 Å². The van der Waals surface area contributed by atoms with Crippen molar-refractivity contribution in [2.24, 2.45) is 5.10 Å². The molecule has 162 valence electrons. The molecule has 0 saturated heterocycles. The highest BCUT2D eigenvalue weighted by Gasteiger charge is 2.12. The van der Waals surface area contributed by atoms with E-state index >= 15 is 0 Å². The van der Waals surface area contributed by atoms with Crippen molar-refractivity contribution >= 4 is 12.1 Å². The van der Waals surface area contributed by atoms with Gasteiger partial charge in [0.05, 0.1) is 30.0 Å². The fourth-order valence-electron chi connectivity index (χ4n) is 2.76. The van der Waals surface area contributed by atoms with E-state index in [1.807, 2.05) is 6.92 Å². The second-order valence-electron chi connectivity index (χ2n) is 6.52. The lowest BCUT2D eigenvalue weighted by Crippen LogP contribution is -2.19. The first-order valence-electron chi connectivity index (χ1n) is 9.68.